The summed E-state index contributed by atoms with van der Waals surface area (Å²) in [5.41, 5.74) is 5.16. The molecule has 0 fully saturated rings. The minimum Gasteiger partial charge on any atom is -0.361 e. The SMILES string of the molecule is C[Si](C)(C)CCOCn1c(C=O)cc2c1-c1ccccc1Sc1ccccc1-2. The highest BCUT2D eigenvalue weighted by Gasteiger charge is 2.25. The molecule has 0 unspecified atom stereocenters. The van der Waals surface area contributed by atoms with Gasteiger partial charge in [-0.1, -0.05) is 67.8 Å². The predicted octanol–water partition coefficient (Wildman–Crippen LogP) is 6.41. The largest absolute Gasteiger partial charge is 0.361 e. The summed E-state index contributed by atoms with van der Waals surface area (Å²) in [5, 5.41) is 0. The van der Waals surface area contributed by atoms with Gasteiger partial charge in [-0.15, -0.1) is 0 Å². The Hall–Kier alpha value is -2.08. The van der Waals surface area contributed by atoms with Crippen molar-refractivity contribution in [2.45, 2.75) is 42.2 Å². The molecule has 28 heavy (non-hydrogen) atoms. The van der Waals surface area contributed by atoms with Gasteiger partial charge in [0.05, 0.1) is 11.4 Å². The van der Waals surface area contributed by atoms with Crippen molar-refractivity contribution in [2.75, 3.05) is 6.61 Å². The fourth-order valence-corrected chi connectivity index (χ4v) is 5.33. The minimum atomic E-state index is -1.15. The zero-order valence-electron chi connectivity index (χ0n) is 16.6. The Morgan fingerprint density at radius 2 is 1.61 bits per heavy atom. The number of nitrogens with zero attached hydrogens (tertiary/aromatic N) is 1. The highest BCUT2D eigenvalue weighted by molar-refractivity contribution is 7.99. The molecular weight excluding hydrogens is 382 g/mol. The molecule has 0 aliphatic carbocycles. The first-order valence-corrected chi connectivity index (χ1v) is 14.1. The molecule has 3 nitrogen and oxygen atoms in total. The van der Waals surface area contributed by atoms with Crippen LogP contribution < -0.4 is 0 Å². The summed E-state index contributed by atoms with van der Waals surface area (Å²) >= 11 is 1.78. The predicted molar refractivity (Wildman–Crippen MR) is 119 cm³/mol. The Kier molecular flexibility index (Phi) is 5.32. The lowest BCUT2D eigenvalue weighted by atomic mass is 10.0. The first-order chi connectivity index (χ1) is 13.5. The smallest absolute Gasteiger partial charge is 0.166 e. The summed E-state index contributed by atoms with van der Waals surface area (Å²) in [6.45, 7) is 8.17. The van der Waals surface area contributed by atoms with Gasteiger partial charge < -0.3 is 9.30 Å². The van der Waals surface area contributed by atoms with E-state index in [0.29, 0.717) is 12.4 Å². The highest BCUT2D eigenvalue weighted by Crippen LogP contribution is 2.48. The van der Waals surface area contributed by atoms with Gasteiger partial charge >= 0.3 is 0 Å². The van der Waals surface area contributed by atoms with E-state index in [1.165, 1.54) is 15.4 Å². The summed E-state index contributed by atoms with van der Waals surface area (Å²) in [6, 6.07) is 19.9. The van der Waals surface area contributed by atoms with E-state index in [9.17, 15) is 4.79 Å². The lowest BCUT2D eigenvalue weighted by molar-refractivity contribution is 0.0847. The Balaban J connectivity index is 1.81. The van der Waals surface area contributed by atoms with Crippen molar-refractivity contribution in [3.8, 4) is 22.4 Å². The van der Waals surface area contributed by atoms with Gasteiger partial charge in [0.25, 0.3) is 0 Å². The molecule has 0 N–H and O–H groups in total. The second-order valence-electron chi connectivity index (χ2n) is 8.32. The molecule has 5 heteroatoms. The molecule has 0 saturated carbocycles. The van der Waals surface area contributed by atoms with Gasteiger partial charge in [-0.25, -0.2) is 0 Å². The first kappa shape index (κ1) is 19.2. The van der Waals surface area contributed by atoms with Gasteiger partial charge in [-0.2, -0.15) is 0 Å². The van der Waals surface area contributed by atoms with Crippen molar-refractivity contribution in [3.05, 3.63) is 60.3 Å². The van der Waals surface area contributed by atoms with Gasteiger partial charge in [-0.3, -0.25) is 4.79 Å². The van der Waals surface area contributed by atoms with E-state index in [1.54, 1.807) is 11.8 Å². The van der Waals surface area contributed by atoms with E-state index >= 15 is 0 Å². The maximum atomic E-state index is 11.9. The monoisotopic (exact) mass is 407 g/mol. The number of benzene rings is 2. The average Bonchev–Trinajstić information content (AvgIpc) is 2.97. The molecule has 4 rings (SSSR count). The average molecular weight is 408 g/mol. The topological polar surface area (TPSA) is 31.2 Å². The van der Waals surface area contributed by atoms with Crippen LogP contribution in [0.15, 0.2) is 64.4 Å². The Bertz CT molecular complexity index is 1020. The van der Waals surface area contributed by atoms with Crippen LogP contribution >= 0.6 is 11.8 Å². The van der Waals surface area contributed by atoms with Crippen LogP contribution in [0.4, 0.5) is 0 Å². The molecule has 0 radical (unpaired) electrons. The number of carbonyl (C=O) groups is 1. The molecule has 0 amide bonds. The molecule has 0 atom stereocenters. The molecule has 2 aromatic carbocycles. The summed E-state index contributed by atoms with van der Waals surface area (Å²) in [5.74, 6) is 0. The van der Waals surface area contributed by atoms with Crippen molar-refractivity contribution in [2.24, 2.45) is 0 Å². The van der Waals surface area contributed by atoms with Crippen LogP contribution in [0.2, 0.25) is 25.7 Å². The molecular formula is C23H25NO2SSi. The number of rotatable bonds is 6. The maximum Gasteiger partial charge on any atom is 0.166 e. The molecule has 1 aliphatic rings. The Morgan fingerprint density at radius 3 is 2.29 bits per heavy atom. The van der Waals surface area contributed by atoms with Gasteiger partial charge in [0, 0.05) is 35.6 Å². The highest BCUT2D eigenvalue weighted by atomic mass is 32.2. The quantitative estimate of drug-likeness (QED) is 0.210. The maximum absolute atomic E-state index is 11.9. The fourth-order valence-electron chi connectivity index (χ4n) is 3.48. The molecule has 3 aromatic rings. The van der Waals surface area contributed by atoms with Crippen LogP contribution in [0.1, 0.15) is 10.5 Å². The molecule has 2 heterocycles. The molecule has 0 spiro atoms. The van der Waals surface area contributed by atoms with E-state index in [-0.39, 0.29) is 0 Å². The van der Waals surface area contributed by atoms with Crippen LogP contribution in [-0.2, 0) is 11.5 Å². The second kappa shape index (κ2) is 7.74. The van der Waals surface area contributed by atoms with Crippen LogP contribution in [0.25, 0.3) is 22.4 Å². The van der Waals surface area contributed by atoms with E-state index in [4.69, 9.17) is 4.74 Å². The van der Waals surface area contributed by atoms with Crippen molar-refractivity contribution >= 4 is 26.1 Å². The number of carbonyl (C=O) groups excluding carboxylic acids is 1. The van der Waals surface area contributed by atoms with E-state index in [2.05, 4.69) is 68.2 Å². The van der Waals surface area contributed by atoms with Crippen molar-refractivity contribution < 1.29 is 9.53 Å². The number of hydrogen-bond acceptors (Lipinski definition) is 3. The number of fused-ring (bicyclic) bond motifs is 5. The number of ether oxygens (including phenoxy) is 1. The Morgan fingerprint density at radius 1 is 0.964 bits per heavy atom. The van der Waals surface area contributed by atoms with Crippen LogP contribution in [0.5, 0.6) is 0 Å². The molecule has 0 saturated heterocycles. The summed E-state index contributed by atoms with van der Waals surface area (Å²) in [4.78, 5) is 14.3. The number of aldehydes is 1. The number of hydrogen-bond donors (Lipinski definition) is 0. The fraction of sp³-hybridized carbons (Fsp3) is 0.261. The minimum absolute atomic E-state index is 0.398. The van der Waals surface area contributed by atoms with E-state index in [1.807, 2.05) is 10.6 Å². The van der Waals surface area contributed by atoms with E-state index < -0.39 is 8.07 Å². The zero-order chi connectivity index (χ0) is 19.7. The lowest BCUT2D eigenvalue weighted by Crippen LogP contribution is -2.22. The molecule has 0 bridgehead atoms. The van der Waals surface area contributed by atoms with Crippen LogP contribution in [-0.4, -0.2) is 25.5 Å². The van der Waals surface area contributed by atoms with Crippen molar-refractivity contribution in [1.29, 1.82) is 0 Å². The van der Waals surface area contributed by atoms with Crippen molar-refractivity contribution in [1.82, 2.24) is 4.57 Å². The standard InChI is InChI=1S/C23H25NO2SSi/c1-28(2,3)13-12-26-16-24-17(15-25)14-20-18-8-4-6-10-21(18)27-22-11-7-5-9-19(22)23(20)24/h4-11,14-15H,12-13,16H2,1-3H3. The van der Waals surface area contributed by atoms with Gasteiger partial charge in [0.1, 0.15) is 6.73 Å². The first-order valence-electron chi connectivity index (χ1n) is 9.61. The van der Waals surface area contributed by atoms with Crippen LogP contribution in [0.3, 0.4) is 0 Å². The Labute approximate surface area is 171 Å². The summed E-state index contributed by atoms with van der Waals surface area (Å²) in [6.07, 6.45) is 0.939. The summed E-state index contributed by atoms with van der Waals surface area (Å²) < 4.78 is 8.07. The third-order valence-corrected chi connectivity index (χ3v) is 7.86. The normalized spacial score (nSPS) is 12.7. The molecule has 1 aliphatic heterocycles. The zero-order valence-corrected chi connectivity index (χ0v) is 18.4. The van der Waals surface area contributed by atoms with Crippen LogP contribution in [0, 0.1) is 0 Å². The van der Waals surface area contributed by atoms with Crippen molar-refractivity contribution in [3.63, 3.8) is 0 Å². The summed E-state index contributed by atoms with van der Waals surface area (Å²) in [7, 11) is -1.15. The molecule has 1 aromatic heterocycles. The van der Waals surface area contributed by atoms with Gasteiger partial charge in [0.15, 0.2) is 6.29 Å². The lowest BCUT2D eigenvalue weighted by Gasteiger charge is -2.17. The van der Waals surface area contributed by atoms with Gasteiger partial charge in [-0.05, 0) is 29.8 Å². The second-order valence-corrected chi connectivity index (χ2v) is 15.0. The van der Waals surface area contributed by atoms with Gasteiger partial charge in [0.2, 0.25) is 0 Å². The van der Waals surface area contributed by atoms with E-state index in [0.717, 1.165) is 35.8 Å². The molecule has 144 valence electrons. The third kappa shape index (κ3) is 3.74. The third-order valence-electron chi connectivity index (χ3n) is 5.01. The number of aromatic nitrogens is 1.